The van der Waals surface area contributed by atoms with Crippen LogP contribution in [0.15, 0.2) is 30.3 Å². The predicted molar refractivity (Wildman–Crippen MR) is 61.4 cm³/mol. The maximum absolute atomic E-state index is 10.6. The highest BCUT2D eigenvalue weighted by molar-refractivity contribution is 7.98. The van der Waals surface area contributed by atoms with E-state index in [4.69, 9.17) is 10.9 Å². The number of aliphatic carboxylic acids is 1. The van der Waals surface area contributed by atoms with E-state index in [2.05, 4.69) is 5.43 Å². The predicted octanol–water partition coefficient (Wildman–Crippen LogP) is 0.836. The van der Waals surface area contributed by atoms with Gasteiger partial charge in [0.2, 0.25) is 0 Å². The summed E-state index contributed by atoms with van der Waals surface area (Å²) in [4.78, 5) is 10.6. The van der Waals surface area contributed by atoms with E-state index in [9.17, 15) is 4.79 Å². The summed E-state index contributed by atoms with van der Waals surface area (Å²) in [6, 6.07) is 9.23. The van der Waals surface area contributed by atoms with Crippen molar-refractivity contribution in [2.45, 2.75) is 11.8 Å². The minimum atomic E-state index is -0.918. The molecular formula is C10H14N2O2S. The smallest absolute Gasteiger partial charge is 0.322 e. The zero-order valence-corrected chi connectivity index (χ0v) is 9.04. The first-order chi connectivity index (χ1) is 7.24. The third-order valence-electron chi connectivity index (χ3n) is 1.90. The van der Waals surface area contributed by atoms with Gasteiger partial charge in [-0.3, -0.25) is 10.6 Å². The Morgan fingerprint density at radius 2 is 2.13 bits per heavy atom. The van der Waals surface area contributed by atoms with Crippen LogP contribution in [-0.4, -0.2) is 22.9 Å². The van der Waals surface area contributed by atoms with Crippen LogP contribution < -0.4 is 11.3 Å². The fourth-order valence-electron chi connectivity index (χ4n) is 1.06. The van der Waals surface area contributed by atoms with Crippen molar-refractivity contribution >= 4 is 17.7 Å². The summed E-state index contributed by atoms with van der Waals surface area (Å²) in [5.41, 5.74) is 3.45. The standard InChI is InChI=1S/C10H14N2O2S/c11-12-9(10(13)14)7-15-6-8-4-2-1-3-5-8/h1-5,9,12H,6-7,11H2,(H,13,14)/t9-/m0/s1. The van der Waals surface area contributed by atoms with Gasteiger partial charge in [0.05, 0.1) is 0 Å². The fourth-order valence-corrected chi connectivity index (χ4v) is 2.08. The van der Waals surface area contributed by atoms with Crippen molar-refractivity contribution in [2.24, 2.45) is 5.84 Å². The number of nitrogens with two attached hydrogens (primary N) is 1. The molecule has 0 amide bonds. The van der Waals surface area contributed by atoms with E-state index in [0.29, 0.717) is 5.75 Å². The molecule has 0 saturated carbocycles. The molecule has 4 N–H and O–H groups in total. The zero-order chi connectivity index (χ0) is 11.1. The Morgan fingerprint density at radius 1 is 1.47 bits per heavy atom. The molecule has 0 bridgehead atoms. The van der Waals surface area contributed by atoms with Gasteiger partial charge in [0, 0.05) is 11.5 Å². The first-order valence-electron chi connectivity index (χ1n) is 4.54. The van der Waals surface area contributed by atoms with E-state index < -0.39 is 12.0 Å². The van der Waals surface area contributed by atoms with E-state index in [1.54, 1.807) is 11.8 Å². The third kappa shape index (κ3) is 4.33. The molecule has 0 fully saturated rings. The summed E-state index contributed by atoms with van der Waals surface area (Å²) >= 11 is 1.54. The number of carbonyl (C=O) groups is 1. The number of benzene rings is 1. The van der Waals surface area contributed by atoms with Crippen molar-refractivity contribution in [3.05, 3.63) is 35.9 Å². The second kappa shape index (κ2) is 6.44. The van der Waals surface area contributed by atoms with Crippen LogP contribution in [0.4, 0.5) is 0 Å². The van der Waals surface area contributed by atoms with Gasteiger partial charge in [-0.05, 0) is 5.56 Å². The number of carboxylic acids is 1. The molecule has 0 aliphatic carbocycles. The molecule has 0 aromatic heterocycles. The van der Waals surface area contributed by atoms with Crippen LogP contribution in [-0.2, 0) is 10.5 Å². The van der Waals surface area contributed by atoms with Gasteiger partial charge in [-0.25, -0.2) is 5.43 Å². The van der Waals surface area contributed by atoms with E-state index in [1.165, 1.54) is 5.56 Å². The second-order valence-electron chi connectivity index (χ2n) is 3.06. The molecule has 1 aromatic carbocycles. The SMILES string of the molecule is NN[C@@H](CSCc1ccccc1)C(=O)O. The summed E-state index contributed by atoms with van der Waals surface area (Å²) in [6.45, 7) is 0. The highest BCUT2D eigenvalue weighted by Crippen LogP contribution is 2.12. The van der Waals surface area contributed by atoms with Gasteiger partial charge in [-0.15, -0.1) is 0 Å². The molecule has 0 spiro atoms. The highest BCUT2D eigenvalue weighted by Gasteiger charge is 2.14. The lowest BCUT2D eigenvalue weighted by atomic mass is 10.2. The second-order valence-corrected chi connectivity index (χ2v) is 4.09. The minimum Gasteiger partial charge on any atom is -0.480 e. The Kier molecular flexibility index (Phi) is 5.17. The Morgan fingerprint density at radius 3 is 2.67 bits per heavy atom. The molecule has 0 aliphatic heterocycles. The average Bonchev–Trinajstić information content (AvgIpc) is 2.25. The van der Waals surface area contributed by atoms with Crippen LogP contribution >= 0.6 is 11.8 Å². The van der Waals surface area contributed by atoms with E-state index in [0.717, 1.165) is 5.75 Å². The number of rotatable bonds is 6. The molecule has 4 nitrogen and oxygen atoms in total. The van der Waals surface area contributed by atoms with E-state index in [-0.39, 0.29) is 0 Å². The summed E-state index contributed by atoms with van der Waals surface area (Å²) in [5, 5.41) is 8.71. The number of hydrogen-bond donors (Lipinski definition) is 3. The molecule has 15 heavy (non-hydrogen) atoms. The minimum absolute atomic E-state index is 0.459. The fraction of sp³-hybridized carbons (Fsp3) is 0.300. The van der Waals surface area contributed by atoms with Crippen molar-refractivity contribution < 1.29 is 9.90 Å². The Balaban J connectivity index is 2.30. The summed E-state index contributed by atoms with van der Waals surface area (Å²) in [5.74, 6) is 5.45. The quantitative estimate of drug-likeness (QED) is 0.495. The molecule has 5 heteroatoms. The van der Waals surface area contributed by atoms with Crippen molar-refractivity contribution in [2.75, 3.05) is 5.75 Å². The van der Waals surface area contributed by atoms with Crippen LogP contribution in [0.1, 0.15) is 5.56 Å². The van der Waals surface area contributed by atoms with Gasteiger partial charge >= 0.3 is 5.97 Å². The Labute approximate surface area is 92.8 Å². The van der Waals surface area contributed by atoms with Gasteiger partial charge in [-0.2, -0.15) is 11.8 Å². The van der Waals surface area contributed by atoms with Crippen LogP contribution in [0.2, 0.25) is 0 Å². The topological polar surface area (TPSA) is 75.3 Å². The van der Waals surface area contributed by atoms with E-state index in [1.807, 2.05) is 30.3 Å². The maximum Gasteiger partial charge on any atom is 0.322 e. The van der Waals surface area contributed by atoms with Crippen LogP contribution in [0.3, 0.4) is 0 Å². The van der Waals surface area contributed by atoms with Crippen molar-refractivity contribution in [1.82, 2.24) is 5.43 Å². The summed E-state index contributed by atoms with van der Waals surface area (Å²) in [6.07, 6.45) is 0. The molecule has 0 radical (unpaired) electrons. The zero-order valence-electron chi connectivity index (χ0n) is 8.22. The number of hydrogen-bond acceptors (Lipinski definition) is 4. The van der Waals surface area contributed by atoms with Gasteiger partial charge in [0.15, 0.2) is 0 Å². The number of carboxylic acid groups (broad SMARTS) is 1. The van der Waals surface area contributed by atoms with Gasteiger partial charge in [-0.1, -0.05) is 30.3 Å². The molecule has 0 saturated heterocycles. The van der Waals surface area contributed by atoms with E-state index >= 15 is 0 Å². The molecule has 1 aromatic rings. The first kappa shape index (κ1) is 12.0. The van der Waals surface area contributed by atoms with Gasteiger partial charge in [0.1, 0.15) is 6.04 Å². The average molecular weight is 226 g/mol. The summed E-state index contributed by atoms with van der Waals surface area (Å²) < 4.78 is 0. The number of hydrazine groups is 1. The monoisotopic (exact) mass is 226 g/mol. The van der Waals surface area contributed by atoms with Crippen molar-refractivity contribution in [3.63, 3.8) is 0 Å². The van der Waals surface area contributed by atoms with Crippen LogP contribution in [0.5, 0.6) is 0 Å². The molecule has 1 rings (SSSR count). The Bertz CT molecular complexity index is 306. The number of nitrogens with one attached hydrogen (secondary N) is 1. The van der Waals surface area contributed by atoms with Crippen LogP contribution in [0, 0.1) is 0 Å². The lowest BCUT2D eigenvalue weighted by Crippen LogP contribution is -2.43. The lowest BCUT2D eigenvalue weighted by Gasteiger charge is -2.09. The van der Waals surface area contributed by atoms with Crippen molar-refractivity contribution in [3.8, 4) is 0 Å². The highest BCUT2D eigenvalue weighted by atomic mass is 32.2. The number of thioether (sulfide) groups is 1. The molecule has 0 aliphatic rings. The largest absolute Gasteiger partial charge is 0.480 e. The third-order valence-corrected chi connectivity index (χ3v) is 3.00. The molecular weight excluding hydrogens is 212 g/mol. The van der Waals surface area contributed by atoms with Gasteiger partial charge in [0.25, 0.3) is 0 Å². The Hall–Kier alpha value is -1.04. The molecule has 0 heterocycles. The summed E-state index contributed by atoms with van der Waals surface area (Å²) in [7, 11) is 0. The molecule has 0 unspecified atom stereocenters. The molecule has 1 atom stereocenters. The maximum atomic E-state index is 10.6. The normalized spacial score (nSPS) is 12.3. The lowest BCUT2D eigenvalue weighted by molar-refractivity contribution is -0.138. The van der Waals surface area contributed by atoms with Crippen LogP contribution in [0.25, 0.3) is 0 Å². The van der Waals surface area contributed by atoms with Crippen molar-refractivity contribution in [1.29, 1.82) is 0 Å². The molecule has 82 valence electrons. The van der Waals surface area contributed by atoms with Gasteiger partial charge < -0.3 is 5.11 Å². The first-order valence-corrected chi connectivity index (χ1v) is 5.70.